The SMILES string of the molecule is Nc1nc2nccc(/C=C\c3ccc(Cl)cc3)n2n1. The van der Waals surface area contributed by atoms with Crippen LogP contribution < -0.4 is 5.73 Å². The van der Waals surface area contributed by atoms with Gasteiger partial charge in [0.25, 0.3) is 5.78 Å². The largest absolute Gasteiger partial charge is 0.366 e. The number of aromatic nitrogens is 4. The van der Waals surface area contributed by atoms with Crippen molar-refractivity contribution < 1.29 is 0 Å². The van der Waals surface area contributed by atoms with Gasteiger partial charge in [0.05, 0.1) is 5.69 Å². The lowest BCUT2D eigenvalue weighted by molar-refractivity contribution is 0.932. The molecule has 0 aliphatic carbocycles. The Bertz CT molecular complexity index is 745. The van der Waals surface area contributed by atoms with Crippen LogP contribution >= 0.6 is 11.6 Å². The number of hydrogen-bond acceptors (Lipinski definition) is 4. The molecule has 0 amide bonds. The van der Waals surface area contributed by atoms with Gasteiger partial charge in [-0.15, -0.1) is 5.10 Å². The Morgan fingerprint density at radius 3 is 2.68 bits per heavy atom. The van der Waals surface area contributed by atoms with E-state index in [1.165, 1.54) is 0 Å². The van der Waals surface area contributed by atoms with Crippen molar-refractivity contribution in [3.8, 4) is 0 Å². The summed E-state index contributed by atoms with van der Waals surface area (Å²) in [7, 11) is 0. The average Bonchev–Trinajstić information content (AvgIpc) is 2.79. The summed E-state index contributed by atoms with van der Waals surface area (Å²) in [5.74, 6) is 0.690. The molecule has 1 aromatic carbocycles. The van der Waals surface area contributed by atoms with Crippen LogP contribution in [0.1, 0.15) is 11.3 Å². The molecule has 0 fully saturated rings. The Morgan fingerprint density at radius 2 is 1.89 bits per heavy atom. The van der Waals surface area contributed by atoms with Gasteiger partial charge in [0, 0.05) is 11.2 Å². The number of nitrogens with zero attached hydrogens (tertiary/aromatic N) is 4. The van der Waals surface area contributed by atoms with Crippen LogP contribution in [0.5, 0.6) is 0 Å². The topological polar surface area (TPSA) is 69.1 Å². The monoisotopic (exact) mass is 271 g/mol. The van der Waals surface area contributed by atoms with Gasteiger partial charge < -0.3 is 5.73 Å². The maximum atomic E-state index is 5.84. The predicted molar refractivity (Wildman–Crippen MR) is 75.6 cm³/mol. The van der Waals surface area contributed by atoms with Crippen LogP contribution in [0.2, 0.25) is 5.02 Å². The molecule has 2 N–H and O–H groups in total. The Hall–Kier alpha value is -2.40. The van der Waals surface area contributed by atoms with Gasteiger partial charge in [-0.1, -0.05) is 29.8 Å². The fourth-order valence-electron chi connectivity index (χ4n) is 1.71. The highest BCUT2D eigenvalue weighted by atomic mass is 35.5. The average molecular weight is 272 g/mol. The van der Waals surface area contributed by atoms with Crippen LogP contribution in [0, 0.1) is 0 Å². The van der Waals surface area contributed by atoms with E-state index in [1.54, 1.807) is 10.7 Å². The van der Waals surface area contributed by atoms with E-state index in [-0.39, 0.29) is 5.95 Å². The van der Waals surface area contributed by atoms with Crippen LogP contribution in [-0.4, -0.2) is 19.6 Å². The highest BCUT2D eigenvalue weighted by Crippen LogP contribution is 2.13. The molecule has 0 saturated carbocycles. The first-order valence-corrected chi connectivity index (χ1v) is 6.01. The maximum absolute atomic E-state index is 5.84. The Kier molecular flexibility index (Phi) is 2.89. The molecule has 0 saturated heterocycles. The van der Waals surface area contributed by atoms with Gasteiger partial charge in [-0.05, 0) is 29.8 Å². The second-order valence-corrected chi connectivity index (χ2v) is 4.37. The molecular weight excluding hydrogens is 262 g/mol. The quantitative estimate of drug-likeness (QED) is 0.778. The van der Waals surface area contributed by atoms with Crippen molar-refractivity contribution in [2.75, 3.05) is 5.73 Å². The number of halogens is 1. The van der Waals surface area contributed by atoms with Crippen LogP contribution in [0.3, 0.4) is 0 Å². The van der Waals surface area contributed by atoms with Gasteiger partial charge in [0.1, 0.15) is 0 Å². The lowest BCUT2D eigenvalue weighted by atomic mass is 10.2. The molecule has 0 radical (unpaired) electrons. The minimum absolute atomic E-state index is 0.208. The van der Waals surface area contributed by atoms with Crippen LogP contribution in [0.25, 0.3) is 17.9 Å². The first-order valence-electron chi connectivity index (χ1n) is 5.63. The molecule has 2 aromatic heterocycles. The molecule has 3 rings (SSSR count). The third-order valence-electron chi connectivity index (χ3n) is 2.60. The second-order valence-electron chi connectivity index (χ2n) is 3.94. The smallest absolute Gasteiger partial charge is 0.254 e. The van der Waals surface area contributed by atoms with Gasteiger partial charge in [0.2, 0.25) is 5.95 Å². The normalized spacial score (nSPS) is 11.4. The molecule has 0 spiro atoms. The van der Waals surface area contributed by atoms with Crippen LogP contribution in [0.15, 0.2) is 36.5 Å². The van der Waals surface area contributed by atoms with E-state index >= 15 is 0 Å². The third kappa shape index (κ3) is 2.41. The summed E-state index contributed by atoms with van der Waals surface area (Å²) in [6, 6.07) is 9.40. The van der Waals surface area contributed by atoms with Crippen LogP contribution in [-0.2, 0) is 0 Å². The molecule has 3 aromatic rings. The van der Waals surface area contributed by atoms with Crippen LogP contribution in [0.4, 0.5) is 5.95 Å². The molecule has 0 bridgehead atoms. The number of nitrogens with two attached hydrogens (primary N) is 1. The van der Waals surface area contributed by atoms with Crippen molar-refractivity contribution in [1.29, 1.82) is 0 Å². The van der Waals surface area contributed by atoms with Crippen molar-refractivity contribution in [2.45, 2.75) is 0 Å². The Balaban J connectivity index is 1.98. The second kappa shape index (κ2) is 4.70. The van der Waals surface area contributed by atoms with Gasteiger partial charge in [-0.2, -0.15) is 9.50 Å². The zero-order valence-electron chi connectivity index (χ0n) is 9.86. The summed E-state index contributed by atoms with van der Waals surface area (Å²) in [5.41, 5.74) is 7.46. The molecule has 0 atom stereocenters. The van der Waals surface area contributed by atoms with Crippen molar-refractivity contribution in [2.24, 2.45) is 0 Å². The molecule has 6 heteroatoms. The first-order chi connectivity index (χ1) is 9.22. The van der Waals surface area contributed by atoms with E-state index in [9.17, 15) is 0 Å². The minimum atomic E-state index is 0.208. The molecular formula is C13H10ClN5. The van der Waals surface area contributed by atoms with Crippen molar-refractivity contribution in [3.05, 3.63) is 52.8 Å². The number of fused-ring (bicyclic) bond motifs is 1. The maximum Gasteiger partial charge on any atom is 0.254 e. The number of rotatable bonds is 2. The van der Waals surface area contributed by atoms with Gasteiger partial charge >= 0.3 is 0 Å². The number of nitrogen functional groups attached to an aromatic ring is 1. The van der Waals surface area contributed by atoms with Crippen molar-refractivity contribution in [3.63, 3.8) is 0 Å². The zero-order chi connectivity index (χ0) is 13.2. The predicted octanol–water partition coefficient (Wildman–Crippen LogP) is 2.53. The standard InChI is InChI=1S/C13H10ClN5/c14-10-4-1-9(2-5-10)3-6-11-7-8-16-13-17-12(15)18-19(11)13/h1-8H,(H2,15,18)/b6-3-. The van der Waals surface area contributed by atoms with E-state index in [4.69, 9.17) is 17.3 Å². The molecule has 2 heterocycles. The summed E-state index contributed by atoms with van der Waals surface area (Å²) in [6.45, 7) is 0. The van der Waals surface area contributed by atoms with Crippen molar-refractivity contribution in [1.82, 2.24) is 19.6 Å². The number of anilines is 1. The fraction of sp³-hybridized carbons (Fsp3) is 0. The van der Waals surface area contributed by atoms with E-state index in [1.807, 2.05) is 42.5 Å². The molecule has 5 nitrogen and oxygen atoms in total. The first kappa shape index (κ1) is 11.7. The van der Waals surface area contributed by atoms with E-state index in [2.05, 4.69) is 15.1 Å². The molecule has 0 aliphatic heterocycles. The molecule has 0 unspecified atom stereocenters. The third-order valence-corrected chi connectivity index (χ3v) is 2.85. The summed E-state index contributed by atoms with van der Waals surface area (Å²) >= 11 is 5.84. The minimum Gasteiger partial charge on any atom is -0.366 e. The number of benzene rings is 1. The summed E-state index contributed by atoms with van der Waals surface area (Å²) in [5, 5.41) is 4.80. The molecule has 0 aliphatic rings. The van der Waals surface area contributed by atoms with E-state index < -0.39 is 0 Å². The Labute approximate surface area is 114 Å². The summed E-state index contributed by atoms with van der Waals surface area (Å²) in [4.78, 5) is 8.09. The zero-order valence-corrected chi connectivity index (χ0v) is 10.6. The lowest BCUT2D eigenvalue weighted by Gasteiger charge is -1.97. The molecule has 19 heavy (non-hydrogen) atoms. The number of hydrogen-bond donors (Lipinski definition) is 1. The van der Waals surface area contributed by atoms with E-state index in [0.29, 0.717) is 10.8 Å². The summed E-state index contributed by atoms with van der Waals surface area (Å²) in [6.07, 6.45) is 5.56. The highest BCUT2D eigenvalue weighted by molar-refractivity contribution is 6.30. The van der Waals surface area contributed by atoms with E-state index in [0.717, 1.165) is 11.3 Å². The lowest BCUT2D eigenvalue weighted by Crippen LogP contribution is -1.95. The van der Waals surface area contributed by atoms with Crippen molar-refractivity contribution >= 4 is 35.5 Å². The summed E-state index contributed by atoms with van der Waals surface area (Å²) < 4.78 is 1.60. The van der Waals surface area contributed by atoms with Gasteiger partial charge in [-0.3, -0.25) is 0 Å². The Morgan fingerprint density at radius 1 is 1.11 bits per heavy atom. The van der Waals surface area contributed by atoms with Gasteiger partial charge in [-0.25, -0.2) is 4.98 Å². The fourth-order valence-corrected chi connectivity index (χ4v) is 1.83. The van der Waals surface area contributed by atoms with Gasteiger partial charge in [0.15, 0.2) is 0 Å². The highest BCUT2D eigenvalue weighted by Gasteiger charge is 2.03. The molecule has 94 valence electrons.